The predicted molar refractivity (Wildman–Crippen MR) is 112 cm³/mol. The standard InChI is InChI=1S/C20H13N5O8/c26-18-7-1-12(2-8-18)19(27)22-21-14-3-5-15(6-4-14)23-33-20(28)13-9-16(24(29)30)11-17(10-13)25(31)32/h1-11,23,26H. The summed E-state index contributed by atoms with van der Waals surface area (Å²) in [6.07, 6.45) is 0. The Balaban J connectivity index is 1.63. The van der Waals surface area contributed by atoms with E-state index < -0.39 is 33.1 Å². The highest BCUT2D eigenvalue weighted by molar-refractivity contribution is 5.94. The number of carbonyl (C=O) groups excluding carboxylic acids is 2. The van der Waals surface area contributed by atoms with Crippen LogP contribution >= 0.6 is 0 Å². The van der Waals surface area contributed by atoms with E-state index in [1.54, 1.807) is 0 Å². The Labute approximate surface area is 184 Å². The van der Waals surface area contributed by atoms with Crippen molar-refractivity contribution in [3.63, 3.8) is 0 Å². The number of azo groups is 1. The highest BCUT2D eigenvalue weighted by Crippen LogP contribution is 2.24. The van der Waals surface area contributed by atoms with Crippen LogP contribution in [0.5, 0.6) is 5.75 Å². The first kappa shape index (κ1) is 22.5. The van der Waals surface area contributed by atoms with E-state index in [4.69, 9.17) is 4.84 Å². The average molecular weight is 451 g/mol. The first-order valence-corrected chi connectivity index (χ1v) is 8.99. The Morgan fingerprint density at radius 2 is 1.42 bits per heavy atom. The molecule has 166 valence electrons. The molecule has 3 aromatic rings. The number of nitrogens with one attached hydrogen (secondary N) is 1. The number of non-ortho nitro benzene ring substituents is 2. The Bertz CT molecular complexity index is 1220. The number of hydrogen-bond donors (Lipinski definition) is 2. The number of phenolic OH excluding ortho intramolecular Hbond substituents is 1. The van der Waals surface area contributed by atoms with Gasteiger partial charge in [0.05, 0.1) is 32.9 Å². The molecular formula is C20H13N5O8. The molecule has 0 heterocycles. The fraction of sp³-hybridized carbons (Fsp3) is 0. The van der Waals surface area contributed by atoms with Crippen LogP contribution in [-0.2, 0) is 4.84 Å². The van der Waals surface area contributed by atoms with Gasteiger partial charge in [-0.25, -0.2) is 10.3 Å². The summed E-state index contributed by atoms with van der Waals surface area (Å²) in [5, 5.41) is 38.4. The van der Waals surface area contributed by atoms with E-state index in [1.165, 1.54) is 48.5 Å². The second-order valence-electron chi connectivity index (χ2n) is 6.34. The van der Waals surface area contributed by atoms with Crippen molar-refractivity contribution in [1.82, 2.24) is 0 Å². The molecule has 0 spiro atoms. The van der Waals surface area contributed by atoms with E-state index in [1.807, 2.05) is 0 Å². The molecule has 0 unspecified atom stereocenters. The lowest BCUT2D eigenvalue weighted by Gasteiger charge is -2.07. The Hall–Kier alpha value is -5.20. The van der Waals surface area contributed by atoms with Gasteiger partial charge >= 0.3 is 5.97 Å². The molecule has 0 aliphatic rings. The van der Waals surface area contributed by atoms with Crippen LogP contribution in [0.15, 0.2) is 77.0 Å². The quantitative estimate of drug-likeness (QED) is 0.299. The Morgan fingerprint density at radius 1 is 0.848 bits per heavy atom. The van der Waals surface area contributed by atoms with Gasteiger partial charge in [0.15, 0.2) is 0 Å². The number of nitro groups is 2. The number of phenols is 1. The maximum Gasteiger partial charge on any atom is 0.363 e. The minimum atomic E-state index is -1.08. The summed E-state index contributed by atoms with van der Waals surface area (Å²) in [6.45, 7) is 0. The summed E-state index contributed by atoms with van der Waals surface area (Å²) >= 11 is 0. The third kappa shape index (κ3) is 5.91. The molecule has 13 nitrogen and oxygen atoms in total. The van der Waals surface area contributed by atoms with Gasteiger partial charge in [0.25, 0.3) is 17.3 Å². The SMILES string of the molecule is O=C(N=Nc1ccc(NOC(=O)c2cc([N+](=O)[O-])cc([N+](=O)[O-])c2)cc1)c1ccc(O)cc1. The third-order valence-corrected chi connectivity index (χ3v) is 4.06. The van der Waals surface area contributed by atoms with Crippen LogP contribution in [-0.4, -0.2) is 26.8 Å². The number of anilines is 1. The van der Waals surface area contributed by atoms with Crippen molar-refractivity contribution in [3.8, 4) is 5.75 Å². The van der Waals surface area contributed by atoms with Gasteiger partial charge in [-0.15, -0.1) is 10.2 Å². The Kier molecular flexibility index (Phi) is 6.64. The van der Waals surface area contributed by atoms with Crippen LogP contribution < -0.4 is 5.48 Å². The lowest BCUT2D eigenvalue weighted by molar-refractivity contribution is -0.394. The van der Waals surface area contributed by atoms with Crippen molar-refractivity contribution in [2.45, 2.75) is 0 Å². The number of amides is 1. The average Bonchev–Trinajstić information content (AvgIpc) is 2.81. The van der Waals surface area contributed by atoms with Crippen LogP contribution in [0.1, 0.15) is 20.7 Å². The summed E-state index contributed by atoms with van der Waals surface area (Å²) in [6, 6.07) is 13.7. The Morgan fingerprint density at radius 3 is 1.97 bits per heavy atom. The normalized spacial score (nSPS) is 10.5. The van der Waals surface area contributed by atoms with E-state index in [-0.39, 0.29) is 22.6 Å². The topological polar surface area (TPSA) is 187 Å². The zero-order valence-corrected chi connectivity index (χ0v) is 16.4. The summed E-state index contributed by atoms with van der Waals surface area (Å²) in [7, 11) is 0. The highest BCUT2D eigenvalue weighted by atomic mass is 16.7. The van der Waals surface area contributed by atoms with E-state index in [0.29, 0.717) is 5.69 Å². The van der Waals surface area contributed by atoms with Crippen LogP contribution in [0.3, 0.4) is 0 Å². The molecule has 0 aliphatic heterocycles. The fourth-order valence-electron chi connectivity index (χ4n) is 2.45. The van der Waals surface area contributed by atoms with E-state index >= 15 is 0 Å². The van der Waals surface area contributed by atoms with Crippen LogP contribution in [0, 0.1) is 20.2 Å². The smallest absolute Gasteiger partial charge is 0.363 e. The van der Waals surface area contributed by atoms with Crippen molar-refractivity contribution >= 4 is 34.6 Å². The monoisotopic (exact) mass is 451 g/mol. The van der Waals surface area contributed by atoms with Crippen LogP contribution in [0.2, 0.25) is 0 Å². The van der Waals surface area contributed by atoms with Gasteiger partial charge in [0.2, 0.25) is 0 Å². The summed E-state index contributed by atoms with van der Waals surface area (Å²) in [5.74, 6) is -1.68. The number of nitro benzene ring substituents is 2. The van der Waals surface area contributed by atoms with Gasteiger partial charge in [-0.3, -0.25) is 25.0 Å². The summed E-state index contributed by atoms with van der Waals surface area (Å²) < 4.78 is 0. The molecular weight excluding hydrogens is 438 g/mol. The zero-order chi connectivity index (χ0) is 24.0. The molecule has 0 saturated carbocycles. The largest absolute Gasteiger partial charge is 0.508 e. The molecule has 0 aliphatic carbocycles. The van der Waals surface area contributed by atoms with Crippen molar-refractivity contribution in [2.24, 2.45) is 10.2 Å². The van der Waals surface area contributed by atoms with Crippen molar-refractivity contribution < 1.29 is 29.4 Å². The predicted octanol–water partition coefficient (Wildman–Crippen LogP) is 4.32. The fourth-order valence-corrected chi connectivity index (χ4v) is 2.45. The van der Waals surface area contributed by atoms with Gasteiger partial charge in [-0.1, -0.05) is 0 Å². The lowest BCUT2D eigenvalue weighted by atomic mass is 10.2. The van der Waals surface area contributed by atoms with E-state index in [2.05, 4.69) is 15.7 Å². The molecule has 33 heavy (non-hydrogen) atoms. The number of aromatic hydroxyl groups is 1. The molecule has 3 rings (SSSR count). The van der Waals surface area contributed by atoms with Gasteiger partial charge in [0, 0.05) is 17.7 Å². The second kappa shape index (κ2) is 9.74. The molecule has 3 aromatic carbocycles. The number of rotatable bonds is 7. The minimum absolute atomic E-state index is 0.0102. The van der Waals surface area contributed by atoms with Crippen LogP contribution in [0.25, 0.3) is 0 Å². The third-order valence-electron chi connectivity index (χ3n) is 4.06. The van der Waals surface area contributed by atoms with Crippen molar-refractivity contribution in [2.75, 3.05) is 5.48 Å². The highest BCUT2D eigenvalue weighted by Gasteiger charge is 2.21. The van der Waals surface area contributed by atoms with Gasteiger partial charge in [-0.05, 0) is 48.5 Å². The molecule has 2 N–H and O–H groups in total. The first-order valence-electron chi connectivity index (χ1n) is 8.99. The van der Waals surface area contributed by atoms with Crippen molar-refractivity contribution in [1.29, 1.82) is 0 Å². The van der Waals surface area contributed by atoms with Crippen LogP contribution in [0.4, 0.5) is 22.7 Å². The minimum Gasteiger partial charge on any atom is -0.508 e. The zero-order valence-electron chi connectivity index (χ0n) is 16.4. The number of carbonyl (C=O) groups is 2. The second-order valence-corrected chi connectivity index (χ2v) is 6.34. The summed E-state index contributed by atoms with van der Waals surface area (Å²) in [4.78, 5) is 49.0. The number of hydrogen-bond acceptors (Lipinski definition) is 10. The maximum atomic E-state index is 12.2. The molecule has 0 aromatic heterocycles. The van der Waals surface area contributed by atoms with E-state index in [9.17, 15) is 34.9 Å². The number of nitrogens with zero attached hydrogens (tertiary/aromatic N) is 4. The maximum absolute atomic E-state index is 12.2. The van der Waals surface area contributed by atoms with Gasteiger partial charge in [0.1, 0.15) is 5.75 Å². The van der Waals surface area contributed by atoms with Gasteiger partial charge in [-0.2, -0.15) is 0 Å². The molecule has 0 saturated heterocycles. The molecule has 13 heteroatoms. The molecule has 1 amide bonds. The number of benzene rings is 3. The molecule has 0 radical (unpaired) electrons. The van der Waals surface area contributed by atoms with Crippen molar-refractivity contribution in [3.05, 3.63) is 98.1 Å². The first-order chi connectivity index (χ1) is 15.7. The van der Waals surface area contributed by atoms with E-state index in [0.717, 1.165) is 18.2 Å². The molecule has 0 atom stereocenters. The summed E-state index contributed by atoms with van der Waals surface area (Å²) in [5.41, 5.74) is 1.50. The molecule has 0 bridgehead atoms. The van der Waals surface area contributed by atoms with Gasteiger partial charge < -0.3 is 9.94 Å². The molecule has 0 fully saturated rings. The lowest BCUT2D eigenvalue weighted by Crippen LogP contribution is -2.11.